The number of allylic oxidation sites excluding steroid dienone is 24. The Morgan fingerprint density at radius 2 is 0.925 bits per heavy atom. The van der Waals surface area contributed by atoms with Gasteiger partial charge in [-0.3, -0.25) is 4.79 Å². The fourth-order valence-corrected chi connectivity index (χ4v) is 6.90. The highest BCUT2D eigenvalue weighted by Gasteiger charge is 2.44. The Balaban J connectivity index is 2.14. The van der Waals surface area contributed by atoms with E-state index in [1.807, 2.05) is 0 Å². The lowest BCUT2D eigenvalue weighted by Gasteiger charge is -2.40. The monoisotopic (exact) mass is 930 g/mol. The first-order valence-electron chi connectivity index (χ1n) is 25.5. The number of rotatable bonds is 40. The summed E-state index contributed by atoms with van der Waals surface area (Å²) < 4.78 is 11.1. The molecule has 1 rings (SSSR count). The lowest BCUT2D eigenvalue weighted by molar-refractivity contribution is -0.302. The predicted molar refractivity (Wildman–Crippen MR) is 280 cm³/mol. The van der Waals surface area contributed by atoms with Gasteiger partial charge in [0.2, 0.25) is 5.91 Å². The first kappa shape index (κ1) is 61.1. The predicted octanol–water partition coefficient (Wildman–Crippen LogP) is 11.9. The van der Waals surface area contributed by atoms with Gasteiger partial charge in [-0.15, -0.1) is 0 Å². The first-order valence-corrected chi connectivity index (χ1v) is 25.5. The van der Waals surface area contributed by atoms with Gasteiger partial charge in [-0.1, -0.05) is 192 Å². The van der Waals surface area contributed by atoms with Crippen LogP contribution >= 0.6 is 0 Å². The molecule has 0 aromatic carbocycles. The highest BCUT2D eigenvalue weighted by Crippen LogP contribution is 2.23. The Labute approximate surface area is 406 Å². The molecule has 0 aromatic heterocycles. The van der Waals surface area contributed by atoms with Crippen LogP contribution in [-0.4, -0.2) is 87.5 Å². The van der Waals surface area contributed by atoms with Crippen LogP contribution in [0.25, 0.3) is 0 Å². The van der Waals surface area contributed by atoms with Crippen molar-refractivity contribution >= 4 is 5.91 Å². The van der Waals surface area contributed by atoms with Crippen LogP contribution in [0.2, 0.25) is 0 Å². The SMILES string of the molecule is CC/C=C\C/C=C\C/C=C\C/C=C\C/C=C\C/C=C\C/C=C\C/C=C\C/C=C\C/C=C\C/C=C\C/C=C\CCCCC(=O)NC(COC1OC(CO)C(O)C(O)C1O)C(O)CCCCCCC. The number of hydrogen-bond donors (Lipinski definition) is 6. The summed E-state index contributed by atoms with van der Waals surface area (Å²) in [5.41, 5.74) is 0. The molecule has 0 aliphatic carbocycles. The standard InChI is InChI=1S/C58H91NO8/c1-3-5-7-9-10-11-12-13-14-15-16-17-18-19-20-21-22-23-24-25-26-27-28-29-30-31-32-33-34-35-36-37-38-39-40-41-42-44-46-48-54(62)59-51(52(61)47-45-43-8-6-4-2)50-66-58-57(65)56(64)55(63)53(49-60)67-58/h5,7,10-11,13-14,16-17,19-20,22-23,25-26,28-29,31-32,34-35,37-38,40-41,51-53,55-58,60-61,63-65H,3-4,6,8-9,12,15,18,21,24,27,30,33,36,39,42-50H2,1-2H3,(H,59,62)/b7-5-,11-10-,14-13-,17-16-,20-19-,23-22-,26-25-,29-28-,32-31-,35-34-,38-37-,41-40-. The molecule has 1 aliphatic rings. The normalized spacial score (nSPS) is 21.0. The van der Waals surface area contributed by atoms with Crippen molar-refractivity contribution in [2.24, 2.45) is 0 Å². The van der Waals surface area contributed by atoms with Crippen LogP contribution in [0, 0.1) is 0 Å². The van der Waals surface area contributed by atoms with E-state index in [0.717, 1.165) is 122 Å². The van der Waals surface area contributed by atoms with Gasteiger partial charge >= 0.3 is 0 Å². The molecule has 0 bridgehead atoms. The first-order chi connectivity index (χ1) is 32.8. The largest absolute Gasteiger partial charge is 0.394 e. The van der Waals surface area contributed by atoms with Crippen LogP contribution in [0.15, 0.2) is 146 Å². The Hall–Kier alpha value is -3.93. The minimum Gasteiger partial charge on any atom is -0.394 e. The number of ether oxygens (including phenoxy) is 2. The van der Waals surface area contributed by atoms with Gasteiger partial charge in [0.05, 0.1) is 25.4 Å². The average Bonchev–Trinajstić information content (AvgIpc) is 3.33. The maximum Gasteiger partial charge on any atom is 0.220 e. The summed E-state index contributed by atoms with van der Waals surface area (Å²) in [7, 11) is 0. The lowest BCUT2D eigenvalue weighted by atomic mass is 9.99. The third kappa shape index (κ3) is 35.8. The van der Waals surface area contributed by atoms with E-state index in [4.69, 9.17) is 9.47 Å². The van der Waals surface area contributed by atoms with Crippen LogP contribution in [0.4, 0.5) is 0 Å². The van der Waals surface area contributed by atoms with Crippen molar-refractivity contribution in [1.82, 2.24) is 5.32 Å². The third-order valence-electron chi connectivity index (χ3n) is 11.0. The molecule has 0 radical (unpaired) electrons. The van der Waals surface area contributed by atoms with E-state index in [1.54, 1.807) is 0 Å². The number of hydrogen-bond acceptors (Lipinski definition) is 8. The number of aliphatic hydroxyl groups excluding tert-OH is 5. The zero-order chi connectivity index (χ0) is 48.7. The molecule has 1 heterocycles. The fourth-order valence-electron chi connectivity index (χ4n) is 6.90. The maximum atomic E-state index is 12.9. The van der Waals surface area contributed by atoms with Gasteiger partial charge in [0.15, 0.2) is 6.29 Å². The highest BCUT2D eigenvalue weighted by molar-refractivity contribution is 5.76. The van der Waals surface area contributed by atoms with Gasteiger partial charge in [0.1, 0.15) is 24.4 Å². The molecule has 67 heavy (non-hydrogen) atoms. The average molecular weight is 930 g/mol. The summed E-state index contributed by atoms with van der Waals surface area (Å²) in [6.45, 7) is 3.56. The third-order valence-corrected chi connectivity index (χ3v) is 11.0. The van der Waals surface area contributed by atoms with E-state index in [0.29, 0.717) is 19.3 Å². The second-order valence-corrected chi connectivity index (χ2v) is 16.9. The summed E-state index contributed by atoms with van der Waals surface area (Å²) >= 11 is 0. The number of nitrogens with one attached hydrogen (secondary N) is 1. The molecule has 0 spiro atoms. The molecule has 0 aromatic rings. The number of carbonyl (C=O) groups is 1. The summed E-state index contributed by atoms with van der Waals surface area (Å²) in [5, 5.41) is 53.9. The lowest BCUT2D eigenvalue weighted by Crippen LogP contribution is -2.60. The molecule has 7 atom stereocenters. The van der Waals surface area contributed by atoms with Gasteiger partial charge in [-0.05, 0) is 103 Å². The summed E-state index contributed by atoms with van der Waals surface area (Å²) in [6.07, 6.45) is 65.0. The van der Waals surface area contributed by atoms with Crippen LogP contribution < -0.4 is 5.32 Å². The van der Waals surface area contributed by atoms with Crippen molar-refractivity contribution in [3.8, 4) is 0 Å². The van der Waals surface area contributed by atoms with Crippen LogP contribution in [-0.2, 0) is 14.3 Å². The topological polar surface area (TPSA) is 149 Å². The smallest absolute Gasteiger partial charge is 0.220 e. The molecule has 9 heteroatoms. The van der Waals surface area contributed by atoms with Gasteiger partial charge in [0, 0.05) is 6.42 Å². The number of aliphatic hydroxyl groups is 5. The van der Waals surface area contributed by atoms with E-state index < -0.39 is 49.5 Å². The molecule has 1 fully saturated rings. The minimum atomic E-state index is -1.57. The van der Waals surface area contributed by atoms with Gasteiger partial charge in [-0.2, -0.15) is 0 Å². The van der Waals surface area contributed by atoms with Crippen LogP contribution in [0.3, 0.4) is 0 Å². The van der Waals surface area contributed by atoms with E-state index in [1.165, 1.54) is 0 Å². The molecule has 0 saturated carbocycles. The Morgan fingerprint density at radius 3 is 1.33 bits per heavy atom. The summed E-state index contributed by atoms with van der Waals surface area (Å²) in [6, 6.07) is -0.749. The number of unbranched alkanes of at least 4 members (excludes halogenated alkanes) is 6. The van der Waals surface area contributed by atoms with Gasteiger partial charge < -0.3 is 40.3 Å². The zero-order valence-electron chi connectivity index (χ0n) is 41.3. The minimum absolute atomic E-state index is 0.168. The van der Waals surface area contributed by atoms with Crippen molar-refractivity contribution in [1.29, 1.82) is 0 Å². The Morgan fingerprint density at radius 1 is 0.522 bits per heavy atom. The number of amides is 1. The molecule has 9 nitrogen and oxygen atoms in total. The van der Waals surface area contributed by atoms with Crippen molar-refractivity contribution in [2.75, 3.05) is 13.2 Å². The van der Waals surface area contributed by atoms with Crippen LogP contribution in [0.1, 0.15) is 155 Å². The van der Waals surface area contributed by atoms with Crippen molar-refractivity contribution in [2.45, 2.75) is 198 Å². The van der Waals surface area contributed by atoms with Crippen molar-refractivity contribution in [3.05, 3.63) is 146 Å². The van der Waals surface area contributed by atoms with E-state index in [2.05, 4.69) is 165 Å². The number of carbonyl (C=O) groups excluding carboxylic acids is 1. The molecule has 6 N–H and O–H groups in total. The molecule has 1 aliphatic heterocycles. The highest BCUT2D eigenvalue weighted by atomic mass is 16.7. The second kappa shape index (κ2) is 45.8. The van der Waals surface area contributed by atoms with E-state index in [-0.39, 0.29) is 12.5 Å². The molecular formula is C58H91NO8. The molecular weight excluding hydrogens is 839 g/mol. The second-order valence-electron chi connectivity index (χ2n) is 16.9. The molecule has 376 valence electrons. The van der Waals surface area contributed by atoms with E-state index in [9.17, 15) is 30.3 Å². The Kier molecular flexibility index (Phi) is 41.8. The summed E-state index contributed by atoms with van der Waals surface area (Å²) in [5.74, 6) is -0.202. The van der Waals surface area contributed by atoms with Crippen molar-refractivity contribution in [3.63, 3.8) is 0 Å². The summed E-state index contributed by atoms with van der Waals surface area (Å²) in [4.78, 5) is 12.9. The zero-order valence-corrected chi connectivity index (χ0v) is 41.3. The van der Waals surface area contributed by atoms with Gasteiger partial charge in [-0.25, -0.2) is 0 Å². The van der Waals surface area contributed by atoms with Gasteiger partial charge in [0.25, 0.3) is 0 Å². The van der Waals surface area contributed by atoms with Crippen LogP contribution in [0.5, 0.6) is 0 Å². The molecule has 1 amide bonds. The van der Waals surface area contributed by atoms with Crippen molar-refractivity contribution < 1.29 is 39.8 Å². The quantitative estimate of drug-likeness (QED) is 0.0263. The maximum absolute atomic E-state index is 12.9. The Bertz CT molecular complexity index is 1550. The van der Waals surface area contributed by atoms with E-state index >= 15 is 0 Å². The fraction of sp³-hybridized carbons (Fsp3) is 0.569. The molecule has 7 unspecified atom stereocenters. The molecule has 1 saturated heterocycles.